The van der Waals surface area contributed by atoms with Crippen LogP contribution >= 0.6 is 0 Å². The highest BCUT2D eigenvalue weighted by Gasteiger charge is 2.40. The van der Waals surface area contributed by atoms with E-state index in [-0.39, 0.29) is 26.4 Å². The first-order valence-electron chi connectivity index (χ1n) is 7.77. The fraction of sp³-hybridized carbons (Fsp3) is 0.786. The van der Waals surface area contributed by atoms with Crippen LogP contribution in [0.25, 0.3) is 0 Å². The highest BCUT2D eigenvalue weighted by atomic mass is 16.9. The predicted octanol–water partition coefficient (Wildman–Crippen LogP) is -1.31. The van der Waals surface area contributed by atoms with Crippen LogP contribution in [0, 0.1) is 0 Å². The zero-order valence-corrected chi connectivity index (χ0v) is 14.5. The number of aliphatic carboxylic acids is 3. The average Bonchev–Trinajstić information content (AvgIpc) is 2.53. The summed E-state index contributed by atoms with van der Waals surface area (Å²) in [4.78, 5) is 40.6. The lowest BCUT2D eigenvalue weighted by molar-refractivity contribution is -0.371. The number of rotatable bonds is 14. The molecule has 0 saturated heterocycles. The quantitative estimate of drug-likeness (QED) is 0.193. The van der Waals surface area contributed by atoms with Gasteiger partial charge in [-0.25, -0.2) is 4.79 Å². The van der Waals surface area contributed by atoms with E-state index in [0.717, 1.165) is 12.8 Å². The molecule has 0 rings (SSSR count). The van der Waals surface area contributed by atoms with E-state index in [9.17, 15) is 14.4 Å². The van der Waals surface area contributed by atoms with Gasteiger partial charge in [0.25, 0.3) is 0 Å². The molecule has 0 aromatic heterocycles. The molecule has 154 valence electrons. The number of carboxylic acid groups (broad SMARTS) is 3. The molecule has 12 nitrogen and oxygen atoms in total. The predicted molar refractivity (Wildman–Crippen MR) is 84.8 cm³/mol. The molecule has 0 aliphatic carbocycles. The van der Waals surface area contributed by atoms with Crippen LogP contribution in [0.15, 0.2) is 0 Å². The second-order valence-corrected chi connectivity index (χ2v) is 5.00. The second kappa shape index (κ2) is 15.4. The van der Waals surface area contributed by atoms with E-state index >= 15 is 0 Å². The lowest BCUT2D eigenvalue weighted by Gasteiger charge is -2.19. The number of hydrogen-bond acceptors (Lipinski definition) is 9. The zero-order valence-electron chi connectivity index (χ0n) is 14.5. The van der Waals surface area contributed by atoms with E-state index in [2.05, 4.69) is 6.92 Å². The average molecular weight is 385 g/mol. The summed E-state index contributed by atoms with van der Waals surface area (Å²) in [6, 6.07) is 0. The van der Waals surface area contributed by atoms with E-state index in [4.69, 9.17) is 40.3 Å². The lowest BCUT2D eigenvalue weighted by atomic mass is 9.96. The van der Waals surface area contributed by atoms with Gasteiger partial charge in [-0.3, -0.25) is 19.3 Å². The van der Waals surface area contributed by atoms with Crippen LogP contribution in [0.5, 0.6) is 0 Å². The second-order valence-electron chi connectivity index (χ2n) is 5.00. The summed E-state index contributed by atoms with van der Waals surface area (Å²) in [5.74, 6) is -5.02. The Bertz CT molecular complexity index is 381. The van der Waals surface area contributed by atoms with E-state index in [1.807, 2.05) is 0 Å². The molecule has 0 aromatic rings. The Morgan fingerprint density at radius 2 is 1.35 bits per heavy atom. The molecule has 6 N–H and O–H groups in total. The number of aliphatic hydroxyl groups excluding tert-OH is 2. The van der Waals surface area contributed by atoms with Gasteiger partial charge in [0.15, 0.2) is 5.60 Å². The molecular weight excluding hydrogens is 358 g/mol. The van der Waals surface area contributed by atoms with Crippen molar-refractivity contribution in [2.45, 2.75) is 38.2 Å². The van der Waals surface area contributed by atoms with Crippen molar-refractivity contribution >= 4 is 17.9 Å². The monoisotopic (exact) mass is 385 g/mol. The number of aliphatic hydroxyl groups is 3. The smallest absolute Gasteiger partial charge is 0.336 e. The van der Waals surface area contributed by atoms with Crippen molar-refractivity contribution in [1.82, 2.24) is 5.23 Å². The zero-order chi connectivity index (χ0) is 20.6. The Labute approximate surface area is 150 Å². The third-order valence-electron chi connectivity index (χ3n) is 2.63. The van der Waals surface area contributed by atoms with Crippen LogP contribution in [-0.4, -0.2) is 92.3 Å². The first-order chi connectivity index (χ1) is 12.1. The molecule has 0 saturated carbocycles. The summed E-state index contributed by atoms with van der Waals surface area (Å²) in [5, 5.41) is 52.1. The molecular formula is C14H27NO11. The van der Waals surface area contributed by atoms with Crippen molar-refractivity contribution in [2.75, 3.05) is 33.0 Å². The Morgan fingerprint density at radius 1 is 0.923 bits per heavy atom. The van der Waals surface area contributed by atoms with Gasteiger partial charge in [-0.2, -0.15) is 0 Å². The molecule has 0 aromatic carbocycles. The molecule has 0 heterocycles. The molecule has 12 heteroatoms. The Morgan fingerprint density at radius 3 is 1.62 bits per heavy atom. The van der Waals surface area contributed by atoms with Gasteiger partial charge < -0.3 is 30.6 Å². The maximum atomic E-state index is 10.3. The number of carboxylic acids is 3. The Hall–Kier alpha value is -1.83. The summed E-state index contributed by atoms with van der Waals surface area (Å²) < 4.78 is 0. The van der Waals surface area contributed by atoms with Crippen molar-refractivity contribution in [3.8, 4) is 0 Å². The number of hydroxylamine groups is 2. The molecule has 0 fully saturated rings. The first-order valence-corrected chi connectivity index (χ1v) is 7.77. The van der Waals surface area contributed by atoms with E-state index in [1.165, 1.54) is 5.23 Å². The minimum atomic E-state index is -2.74. The summed E-state index contributed by atoms with van der Waals surface area (Å²) in [5.41, 5.74) is -2.74. The molecule has 0 aliphatic rings. The molecule has 0 atom stereocenters. The van der Waals surface area contributed by atoms with Crippen LogP contribution < -0.4 is 0 Å². The molecule has 0 spiro atoms. The molecule has 26 heavy (non-hydrogen) atoms. The fourth-order valence-electron chi connectivity index (χ4n) is 1.45. The van der Waals surface area contributed by atoms with Gasteiger partial charge in [0.1, 0.15) is 0 Å². The molecule has 0 radical (unpaired) electrons. The largest absolute Gasteiger partial charge is 0.481 e. The SMILES string of the molecule is CCCCN(OCCO)OCCO.O=C(O)CC(O)(CC(=O)O)C(=O)O. The van der Waals surface area contributed by atoms with Gasteiger partial charge in [-0.05, 0) is 6.42 Å². The van der Waals surface area contributed by atoms with Crippen LogP contribution in [0.4, 0.5) is 0 Å². The number of nitrogens with zero attached hydrogens (tertiary/aromatic N) is 1. The summed E-state index contributed by atoms with van der Waals surface area (Å²) in [6.07, 6.45) is -0.290. The maximum absolute atomic E-state index is 10.3. The van der Waals surface area contributed by atoms with Gasteiger partial charge >= 0.3 is 17.9 Å². The Kier molecular flexibility index (Phi) is 15.7. The highest BCUT2D eigenvalue weighted by Crippen LogP contribution is 2.15. The standard InChI is InChI=1S/C8H19NO4.C6H8O7/c1-2-3-4-9(12-7-5-10)13-8-6-11;7-3(8)1-6(13,5(11)12)2-4(9)10/h10-11H,2-8H2,1H3;13H,1-2H2,(H,7,8)(H,9,10)(H,11,12). The maximum Gasteiger partial charge on any atom is 0.336 e. The minimum Gasteiger partial charge on any atom is -0.481 e. The fourth-order valence-corrected chi connectivity index (χ4v) is 1.45. The third kappa shape index (κ3) is 14.5. The number of unbranched alkanes of at least 4 members (excludes halogenated alkanes) is 1. The van der Waals surface area contributed by atoms with Crippen LogP contribution in [0.1, 0.15) is 32.6 Å². The van der Waals surface area contributed by atoms with Crippen molar-refractivity contribution < 1.29 is 54.7 Å². The van der Waals surface area contributed by atoms with Crippen molar-refractivity contribution in [1.29, 1.82) is 0 Å². The summed E-state index contributed by atoms with van der Waals surface area (Å²) in [7, 11) is 0. The first kappa shape index (κ1) is 26.4. The van der Waals surface area contributed by atoms with Gasteiger partial charge in [-0.1, -0.05) is 18.6 Å². The number of hydrogen-bond donors (Lipinski definition) is 6. The van der Waals surface area contributed by atoms with Gasteiger partial charge in [0.05, 0.1) is 45.8 Å². The molecule has 0 amide bonds. The highest BCUT2D eigenvalue weighted by molar-refractivity contribution is 5.88. The van der Waals surface area contributed by atoms with Gasteiger partial charge in [-0.15, -0.1) is 0 Å². The summed E-state index contributed by atoms with van der Waals surface area (Å²) >= 11 is 0. The molecule has 0 aliphatic heterocycles. The van der Waals surface area contributed by atoms with Crippen molar-refractivity contribution in [2.24, 2.45) is 0 Å². The van der Waals surface area contributed by atoms with E-state index in [1.54, 1.807) is 0 Å². The Balaban J connectivity index is 0. The van der Waals surface area contributed by atoms with Crippen molar-refractivity contribution in [3.63, 3.8) is 0 Å². The molecule has 0 unspecified atom stereocenters. The van der Waals surface area contributed by atoms with Crippen LogP contribution in [-0.2, 0) is 24.1 Å². The number of carbonyl (C=O) groups is 3. The van der Waals surface area contributed by atoms with Crippen LogP contribution in [0.2, 0.25) is 0 Å². The van der Waals surface area contributed by atoms with E-state index in [0.29, 0.717) is 6.54 Å². The minimum absolute atomic E-state index is 0.0366. The van der Waals surface area contributed by atoms with Gasteiger partial charge in [0.2, 0.25) is 0 Å². The third-order valence-corrected chi connectivity index (χ3v) is 2.63. The topological polar surface area (TPSA) is 194 Å². The summed E-state index contributed by atoms with van der Waals surface area (Å²) in [6.45, 7) is 3.08. The molecule has 0 bridgehead atoms. The van der Waals surface area contributed by atoms with E-state index < -0.39 is 36.4 Å². The normalized spacial score (nSPS) is 11.0. The van der Waals surface area contributed by atoms with Crippen molar-refractivity contribution in [3.05, 3.63) is 0 Å². The van der Waals surface area contributed by atoms with Crippen LogP contribution in [0.3, 0.4) is 0 Å². The lowest BCUT2D eigenvalue weighted by Crippen LogP contribution is -2.42. The van der Waals surface area contributed by atoms with Gasteiger partial charge in [0, 0.05) is 0 Å².